The van der Waals surface area contributed by atoms with Crippen molar-refractivity contribution in [2.45, 2.75) is 57.5 Å². The van der Waals surface area contributed by atoms with Crippen molar-refractivity contribution in [1.29, 1.82) is 0 Å². The van der Waals surface area contributed by atoms with E-state index in [0.29, 0.717) is 6.04 Å². The second-order valence-electron chi connectivity index (χ2n) is 6.67. The Morgan fingerprint density at radius 3 is 2.71 bits per heavy atom. The summed E-state index contributed by atoms with van der Waals surface area (Å²) in [5.41, 5.74) is 1.17. The van der Waals surface area contributed by atoms with E-state index in [1.165, 1.54) is 50.5 Å². The fourth-order valence-electron chi connectivity index (χ4n) is 3.20. The highest BCUT2D eigenvalue weighted by Gasteiger charge is 2.21. The average Bonchev–Trinajstić information content (AvgIpc) is 3.31. The molecule has 0 aliphatic heterocycles. The molecule has 1 aromatic rings. The monoisotopic (exact) mass is 307 g/mol. The molecule has 0 spiro atoms. The number of rotatable bonds is 6. The number of aromatic nitrogens is 1. The Labute approximate surface area is 133 Å². The fraction of sp³-hybridized carbons (Fsp3) is 0.706. The Morgan fingerprint density at radius 2 is 2.00 bits per heavy atom. The van der Waals surface area contributed by atoms with Crippen LogP contribution in [0.15, 0.2) is 12.3 Å². The lowest BCUT2D eigenvalue weighted by molar-refractivity contribution is 0.361. The lowest BCUT2D eigenvalue weighted by Gasteiger charge is -2.28. The zero-order chi connectivity index (χ0) is 14.7. The van der Waals surface area contributed by atoms with Gasteiger partial charge in [-0.3, -0.25) is 0 Å². The molecule has 2 saturated carbocycles. The predicted octanol–water partition coefficient (Wildman–Crippen LogP) is 4.00. The lowest BCUT2D eigenvalue weighted by Crippen LogP contribution is -2.27. The Balaban J connectivity index is 1.61. The van der Waals surface area contributed by atoms with Crippen molar-refractivity contribution in [2.75, 3.05) is 18.5 Å². The Bertz CT molecular complexity index is 467. The molecule has 0 unspecified atom stereocenters. The average molecular weight is 308 g/mol. The van der Waals surface area contributed by atoms with Crippen molar-refractivity contribution < 1.29 is 0 Å². The third-order valence-corrected chi connectivity index (χ3v) is 5.07. The van der Waals surface area contributed by atoms with E-state index in [2.05, 4.69) is 28.3 Å². The quantitative estimate of drug-likeness (QED) is 0.861. The van der Waals surface area contributed by atoms with Crippen LogP contribution < -0.4 is 10.2 Å². The van der Waals surface area contributed by atoms with Gasteiger partial charge in [-0.25, -0.2) is 4.98 Å². The number of nitrogens with zero attached hydrogens (tertiary/aromatic N) is 2. The van der Waals surface area contributed by atoms with Gasteiger partial charge in [-0.05, 0) is 43.2 Å². The second kappa shape index (κ2) is 6.97. The van der Waals surface area contributed by atoms with Gasteiger partial charge < -0.3 is 10.2 Å². The van der Waals surface area contributed by atoms with E-state index in [1.807, 2.05) is 0 Å². The molecule has 2 fully saturated rings. The molecule has 1 N–H and O–H groups in total. The highest BCUT2D eigenvalue weighted by atomic mass is 35.5. The van der Waals surface area contributed by atoms with Crippen LogP contribution in [-0.2, 0) is 6.54 Å². The van der Waals surface area contributed by atoms with Gasteiger partial charge in [-0.15, -0.1) is 0 Å². The molecule has 4 heteroatoms. The van der Waals surface area contributed by atoms with Crippen molar-refractivity contribution in [3.63, 3.8) is 0 Å². The summed E-state index contributed by atoms with van der Waals surface area (Å²) in [7, 11) is 2.16. The minimum atomic E-state index is 0.706. The van der Waals surface area contributed by atoms with Gasteiger partial charge in [-0.2, -0.15) is 0 Å². The first-order valence-corrected chi connectivity index (χ1v) is 8.69. The Kier molecular flexibility index (Phi) is 5.02. The number of hydrogen-bond donors (Lipinski definition) is 1. The summed E-state index contributed by atoms with van der Waals surface area (Å²) in [6, 6.07) is 2.86. The first kappa shape index (κ1) is 15.1. The summed E-state index contributed by atoms with van der Waals surface area (Å²) in [5.74, 6) is 1.88. The number of anilines is 1. The van der Waals surface area contributed by atoms with Crippen molar-refractivity contribution in [1.82, 2.24) is 10.3 Å². The maximum atomic E-state index is 6.28. The van der Waals surface area contributed by atoms with Gasteiger partial charge in [0.15, 0.2) is 0 Å². The largest absolute Gasteiger partial charge is 0.359 e. The second-order valence-corrected chi connectivity index (χ2v) is 7.08. The molecule has 2 aliphatic carbocycles. The van der Waals surface area contributed by atoms with Gasteiger partial charge in [-0.1, -0.05) is 30.9 Å². The summed E-state index contributed by atoms with van der Waals surface area (Å²) in [6.45, 7) is 1.97. The Morgan fingerprint density at radius 1 is 1.24 bits per heavy atom. The van der Waals surface area contributed by atoms with E-state index in [9.17, 15) is 0 Å². The molecule has 1 heterocycles. The van der Waals surface area contributed by atoms with Gasteiger partial charge in [0.1, 0.15) is 5.82 Å². The molecule has 1 aromatic heterocycles. The summed E-state index contributed by atoms with van der Waals surface area (Å²) in [4.78, 5) is 6.81. The van der Waals surface area contributed by atoms with Crippen LogP contribution in [0.25, 0.3) is 0 Å². The molecule has 0 saturated heterocycles. The van der Waals surface area contributed by atoms with E-state index in [-0.39, 0.29) is 0 Å². The summed E-state index contributed by atoms with van der Waals surface area (Å²) >= 11 is 6.28. The first-order chi connectivity index (χ1) is 10.2. The van der Waals surface area contributed by atoms with Crippen molar-refractivity contribution in [3.8, 4) is 0 Å². The van der Waals surface area contributed by atoms with Crippen LogP contribution >= 0.6 is 11.6 Å². The molecular formula is C17H26ClN3. The first-order valence-electron chi connectivity index (χ1n) is 8.31. The van der Waals surface area contributed by atoms with E-state index >= 15 is 0 Å². The molecule has 0 aromatic carbocycles. The van der Waals surface area contributed by atoms with Crippen LogP contribution in [-0.4, -0.2) is 24.6 Å². The number of hydrogen-bond acceptors (Lipinski definition) is 3. The topological polar surface area (TPSA) is 28.2 Å². The van der Waals surface area contributed by atoms with E-state index in [1.54, 1.807) is 6.20 Å². The van der Waals surface area contributed by atoms with Crippen molar-refractivity contribution in [3.05, 3.63) is 22.8 Å². The van der Waals surface area contributed by atoms with Crippen LogP contribution in [0.1, 0.15) is 50.5 Å². The molecule has 0 bridgehead atoms. The van der Waals surface area contributed by atoms with Crippen LogP contribution in [0.5, 0.6) is 0 Å². The molecule has 21 heavy (non-hydrogen) atoms. The number of nitrogens with one attached hydrogen (secondary N) is 1. The molecule has 2 aliphatic rings. The fourth-order valence-corrected chi connectivity index (χ4v) is 3.37. The van der Waals surface area contributed by atoms with Gasteiger partial charge in [0.05, 0.1) is 5.02 Å². The van der Waals surface area contributed by atoms with Gasteiger partial charge in [0.2, 0.25) is 0 Å². The molecule has 0 radical (unpaired) electrons. The zero-order valence-electron chi connectivity index (χ0n) is 12.9. The SMILES string of the molecule is CN(CC1CCCCC1)c1cc(CNC2CC2)c(Cl)cn1. The van der Waals surface area contributed by atoms with Gasteiger partial charge in [0, 0.05) is 32.4 Å². The molecule has 116 valence electrons. The van der Waals surface area contributed by atoms with Crippen LogP contribution in [0.4, 0.5) is 5.82 Å². The molecule has 3 nitrogen and oxygen atoms in total. The summed E-state index contributed by atoms with van der Waals surface area (Å²) in [6.07, 6.45) is 11.3. The number of pyridine rings is 1. The molecule has 3 rings (SSSR count). The number of halogens is 1. The van der Waals surface area contributed by atoms with Crippen LogP contribution in [0.2, 0.25) is 5.02 Å². The molecule has 0 atom stereocenters. The third-order valence-electron chi connectivity index (χ3n) is 4.73. The van der Waals surface area contributed by atoms with Crippen LogP contribution in [0, 0.1) is 5.92 Å². The van der Waals surface area contributed by atoms with E-state index in [4.69, 9.17) is 11.6 Å². The van der Waals surface area contributed by atoms with Crippen molar-refractivity contribution >= 4 is 17.4 Å². The molecular weight excluding hydrogens is 282 g/mol. The normalized spacial score (nSPS) is 19.7. The maximum absolute atomic E-state index is 6.28. The van der Waals surface area contributed by atoms with Gasteiger partial charge in [0.25, 0.3) is 0 Å². The standard InChI is InChI=1S/C17H26ClN3/c1-21(12-13-5-3-2-4-6-13)17-9-14(16(18)11-20-17)10-19-15-7-8-15/h9,11,13,15,19H,2-8,10,12H2,1H3. The van der Waals surface area contributed by atoms with Crippen LogP contribution in [0.3, 0.4) is 0 Å². The van der Waals surface area contributed by atoms with Crippen molar-refractivity contribution in [2.24, 2.45) is 5.92 Å². The lowest BCUT2D eigenvalue weighted by atomic mass is 9.89. The van der Waals surface area contributed by atoms with E-state index < -0.39 is 0 Å². The highest BCUT2D eigenvalue weighted by Crippen LogP contribution is 2.27. The van der Waals surface area contributed by atoms with Gasteiger partial charge >= 0.3 is 0 Å². The zero-order valence-corrected chi connectivity index (χ0v) is 13.7. The van der Waals surface area contributed by atoms with E-state index in [0.717, 1.165) is 29.8 Å². The third kappa shape index (κ3) is 4.33. The minimum absolute atomic E-state index is 0.706. The summed E-state index contributed by atoms with van der Waals surface area (Å²) in [5, 5.41) is 4.31. The highest BCUT2D eigenvalue weighted by molar-refractivity contribution is 6.31. The maximum Gasteiger partial charge on any atom is 0.128 e. The molecule has 0 amide bonds. The minimum Gasteiger partial charge on any atom is -0.359 e. The summed E-state index contributed by atoms with van der Waals surface area (Å²) < 4.78 is 0. The Hall–Kier alpha value is -0.800. The predicted molar refractivity (Wildman–Crippen MR) is 89.0 cm³/mol. The smallest absolute Gasteiger partial charge is 0.128 e.